The van der Waals surface area contributed by atoms with E-state index in [4.69, 9.17) is 14.0 Å². The lowest BCUT2D eigenvalue weighted by Crippen LogP contribution is -2.35. The summed E-state index contributed by atoms with van der Waals surface area (Å²) in [6, 6.07) is 4.31. The van der Waals surface area contributed by atoms with Crippen LogP contribution in [0.5, 0.6) is 5.88 Å². The Balaban J connectivity index is 1.16. The minimum atomic E-state index is -0.102. The smallest absolute Gasteiger partial charge is 0.324 e. The number of ether oxygens (including phenoxy) is 2. The summed E-state index contributed by atoms with van der Waals surface area (Å²) < 4.78 is 16.6. The maximum Gasteiger partial charge on any atom is 0.324 e. The van der Waals surface area contributed by atoms with Crippen LogP contribution in [0.25, 0.3) is 0 Å². The SMILES string of the molecule is Cc1nc(OCCCC2CCN(c3nc(C(C)C)no3)CC2)ccc1C(=O)N[C@H]1CCOC1. The summed E-state index contributed by atoms with van der Waals surface area (Å²) in [6.45, 7) is 9.77. The van der Waals surface area contributed by atoms with E-state index in [-0.39, 0.29) is 17.9 Å². The largest absolute Gasteiger partial charge is 0.478 e. The molecule has 2 saturated heterocycles. The fourth-order valence-corrected chi connectivity index (χ4v) is 4.32. The highest BCUT2D eigenvalue weighted by Crippen LogP contribution is 2.26. The average Bonchev–Trinajstić information content (AvgIpc) is 3.50. The van der Waals surface area contributed by atoms with E-state index in [2.05, 4.69) is 39.2 Å². The molecule has 0 spiro atoms. The summed E-state index contributed by atoms with van der Waals surface area (Å²) in [6.07, 6.45) is 5.19. The van der Waals surface area contributed by atoms with Crippen LogP contribution in [-0.2, 0) is 4.74 Å². The molecule has 33 heavy (non-hydrogen) atoms. The van der Waals surface area contributed by atoms with E-state index in [0.29, 0.717) is 48.9 Å². The number of hydrogen-bond acceptors (Lipinski definition) is 8. The van der Waals surface area contributed by atoms with Crippen LogP contribution in [-0.4, -0.2) is 60.0 Å². The zero-order valence-electron chi connectivity index (χ0n) is 19.9. The van der Waals surface area contributed by atoms with Crippen molar-refractivity contribution >= 4 is 11.9 Å². The number of rotatable bonds is 9. The van der Waals surface area contributed by atoms with Gasteiger partial charge in [0.15, 0.2) is 5.82 Å². The van der Waals surface area contributed by atoms with Gasteiger partial charge < -0.3 is 24.2 Å². The predicted molar refractivity (Wildman–Crippen MR) is 124 cm³/mol. The summed E-state index contributed by atoms with van der Waals surface area (Å²) in [5.74, 6) is 2.19. The van der Waals surface area contributed by atoms with E-state index in [1.54, 1.807) is 12.1 Å². The number of nitrogens with zero attached hydrogens (tertiary/aromatic N) is 4. The molecule has 0 radical (unpaired) electrons. The van der Waals surface area contributed by atoms with Crippen molar-refractivity contribution in [1.29, 1.82) is 0 Å². The second-order valence-electron chi connectivity index (χ2n) is 9.33. The van der Waals surface area contributed by atoms with Crippen molar-refractivity contribution in [3.8, 4) is 5.88 Å². The lowest BCUT2D eigenvalue weighted by Gasteiger charge is -2.30. The Bertz CT molecular complexity index is 917. The van der Waals surface area contributed by atoms with Crippen LogP contribution in [0.3, 0.4) is 0 Å². The second kappa shape index (κ2) is 11.0. The van der Waals surface area contributed by atoms with Crippen molar-refractivity contribution in [3.63, 3.8) is 0 Å². The number of nitrogens with one attached hydrogen (secondary N) is 1. The van der Waals surface area contributed by atoms with Gasteiger partial charge in [-0.1, -0.05) is 19.0 Å². The molecule has 9 nitrogen and oxygen atoms in total. The maximum absolute atomic E-state index is 12.4. The monoisotopic (exact) mass is 457 g/mol. The van der Waals surface area contributed by atoms with E-state index in [9.17, 15) is 4.79 Å². The van der Waals surface area contributed by atoms with Gasteiger partial charge in [0.2, 0.25) is 5.88 Å². The summed E-state index contributed by atoms with van der Waals surface area (Å²) in [5, 5.41) is 7.07. The van der Waals surface area contributed by atoms with Crippen LogP contribution in [0.2, 0.25) is 0 Å². The van der Waals surface area contributed by atoms with Gasteiger partial charge in [0, 0.05) is 31.7 Å². The Morgan fingerprint density at radius 2 is 2.06 bits per heavy atom. The summed E-state index contributed by atoms with van der Waals surface area (Å²) >= 11 is 0. The molecule has 0 aliphatic carbocycles. The third-order valence-electron chi connectivity index (χ3n) is 6.41. The minimum absolute atomic E-state index is 0.0872. The lowest BCUT2D eigenvalue weighted by atomic mass is 9.92. The van der Waals surface area contributed by atoms with Gasteiger partial charge in [0.1, 0.15) is 0 Å². The highest BCUT2D eigenvalue weighted by atomic mass is 16.5. The molecular formula is C24H35N5O4. The van der Waals surface area contributed by atoms with Crippen molar-refractivity contribution in [2.45, 2.75) is 64.8 Å². The molecule has 9 heteroatoms. The Morgan fingerprint density at radius 3 is 2.73 bits per heavy atom. The first-order valence-corrected chi connectivity index (χ1v) is 12.1. The quantitative estimate of drug-likeness (QED) is 0.571. The van der Waals surface area contributed by atoms with Gasteiger partial charge in [-0.15, -0.1) is 0 Å². The molecule has 1 N–H and O–H groups in total. The van der Waals surface area contributed by atoms with Crippen LogP contribution >= 0.6 is 0 Å². The van der Waals surface area contributed by atoms with E-state index in [1.165, 1.54) is 0 Å². The van der Waals surface area contributed by atoms with Crippen LogP contribution in [0.15, 0.2) is 16.7 Å². The molecule has 1 amide bonds. The molecule has 2 fully saturated rings. The first-order chi connectivity index (χ1) is 16.0. The maximum atomic E-state index is 12.4. The number of amides is 1. The van der Waals surface area contributed by atoms with E-state index >= 15 is 0 Å². The van der Waals surface area contributed by atoms with E-state index in [0.717, 1.165) is 51.0 Å². The van der Waals surface area contributed by atoms with Crippen molar-refractivity contribution in [2.24, 2.45) is 5.92 Å². The Kier molecular flexibility index (Phi) is 7.80. The topological polar surface area (TPSA) is 103 Å². The normalized spacial score (nSPS) is 19.3. The van der Waals surface area contributed by atoms with Gasteiger partial charge in [-0.05, 0) is 51.0 Å². The molecule has 4 heterocycles. The minimum Gasteiger partial charge on any atom is -0.478 e. The molecular weight excluding hydrogens is 422 g/mol. The lowest BCUT2D eigenvalue weighted by molar-refractivity contribution is 0.0928. The van der Waals surface area contributed by atoms with Gasteiger partial charge in [-0.2, -0.15) is 4.98 Å². The van der Waals surface area contributed by atoms with Gasteiger partial charge >= 0.3 is 6.01 Å². The molecule has 0 saturated carbocycles. The molecule has 0 aromatic carbocycles. The van der Waals surface area contributed by atoms with Gasteiger partial charge in [0.05, 0.1) is 30.5 Å². The number of pyridine rings is 1. The zero-order valence-corrected chi connectivity index (χ0v) is 19.9. The highest BCUT2D eigenvalue weighted by Gasteiger charge is 2.24. The van der Waals surface area contributed by atoms with Crippen LogP contribution in [0, 0.1) is 12.8 Å². The third-order valence-corrected chi connectivity index (χ3v) is 6.41. The van der Waals surface area contributed by atoms with E-state index in [1.807, 2.05) is 6.92 Å². The number of carbonyl (C=O) groups is 1. The first-order valence-electron chi connectivity index (χ1n) is 12.1. The number of anilines is 1. The van der Waals surface area contributed by atoms with Gasteiger partial charge in [-0.25, -0.2) is 4.98 Å². The molecule has 2 aromatic heterocycles. The Labute approximate surface area is 195 Å². The predicted octanol–water partition coefficient (Wildman–Crippen LogP) is 3.49. The molecule has 180 valence electrons. The average molecular weight is 458 g/mol. The van der Waals surface area contributed by atoms with Crippen molar-refractivity contribution in [3.05, 3.63) is 29.2 Å². The molecule has 2 aliphatic heterocycles. The number of piperidine rings is 1. The Hall–Kier alpha value is -2.68. The van der Waals surface area contributed by atoms with Gasteiger partial charge in [-0.3, -0.25) is 4.79 Å². The van der Waals surface area contributed by atoms with E-state index < -0.39 is 0 Å². The first kappa shape index (κ1) is 23.5. The van der Waals surface area contributed by atoms with Crippen LogP contribution in [0.1, 0.15) is 73.7 Å². The van der Waals surface area contributed by atoms with Crippen LogP contribution in [0.4, 0.5) is 6.01 Å². The fraction of sp³-hybridized carbons (Fsp3) is 0.667. The van der Waals surface area contributed by atoms with Crippen LogP contribution < -0.4 is 15.0 Å². The number of aromatic nitrogens is 3. The molecule has 0 unspecified atom stereocenters. The summed E-state index contributed by atoms with van der Waals surface area (Å²) in [7, 11) is 0. The Morgan fingerprint density at radius 1 is 1.24 bits per heavy atom. The number of carbonyl (C=O) groups excluding carboxylic acids is 1. The second-order valence-corrected chi connectivity index (χ2v) is 9.33. The molecule has 2 aromatic rings. The van der Waals surface area contributed by atoms with Crippen molar-refractivity contribution < 1.29 is 18.8 Å². The van der Waals surface area contributed by atoms with Crippen molar-refractivity contribution in [2.75, 3.05) is 37.8 Å². The third kappa shape index (κ3) is 6.22. The number of aryl methyl sites for hydroxylation is 1. The summed E-state index contributed by atoms with van der Waals surface area (Å²) in [5.41, 5.74) is 1.26. The molecule has 2 aliphatic rings. The highest BCUT2D eigenvalue weighted by molar-refractivity contribution is 5.95. The summed E-state index contributed by atoms with van der Waals surface area (Å²) in [4.78, 5) is 23.6. The fourth-order valence-electron chi connectivity index (χ4n) is 4.32. The standard InChI is InChI=1S/C24H35N5O4/c1-16(2)22-27-24(33-28-22)29-11-8-18(9-12-29)5-4-13-32-21-7-6-20(17(3)25-21)23(30)26-19-10-14-31-15-19/h6-7,16,18-19H,4-5,8-15H2,1-3H3,(H,26,30)/t19-/m0/s1. The van der Waals surface area contributed by atoms with Gasteiger partial charge in [0.25, 0.3) is 5.91 Å². The zero-order chi connectivity index (χ0) is 23.2. The molecule has 4 rings (SSSR count). The van der Waals surface area contributed by atoms with Crippen molar-refractivity contribution in [1.82, 2.24) is 20.4 Å². The molecule has 1 atom stereocenters. The number of hydrogen-bond donors (Lipinski definition) is 1. The molecule has 0 bridgehead atoms.